The largest absolute Gasteiger partial charge is 0.309 e. The number of rotatable bonds is 6. The van der Waals surface area contributed by atoms with E-state index in [1.807, 2.05) is 13.8 Å². The molecule has 1 heterocycles. The van der Waals surface area contributed by atoms with Gasteiger partial charge in [-0.25, -0.2) is 4.39 Å². The third-order valence-corrected chi connectivity index (χ3v) is 4.13. The molecule has 0 amide bonds. The molecule has 0 aliphatic heterocycles. The summed E-state index contributed by atoms with van der Waals surface area (Å²) in [5.41, 5.74) is 0.816. The van der Waals surface area contributed by atoms with Gasteiger partial charge in [-0.05, 0) is 32.0 Å². The molecule has 0 saturated carbocycles. The van der Waals surface area contributed by atoms with Gasteiger partial charge >= 0.3 is 0 Å². The summed E-state index contributed by atoms with van der Waals surface area (Å²) in [7, 11) is -0.778. The smallest absolute Gasteiger partial charge is 0.141 e. The van der Waals surface area contributed by atoms with Crippen molar-refractivity contribution in [1.29, 1.82) is 0 Å². The number of hydrogen-bond donors (Lipinski definition) is 1. The monoisotopic (exact) mass is 258 g/mol. The number of aromatic nitrogens is 1. The molecule has 17 heavy (non-hydrogen) atoms. The van der Waals surface area contributed by atoms with Crippen LogP contribution in [0.25, 0.3) is 0 Å². The lowest BCUT2D eigenvalue weighted by atomic mass is 10.2. The average Bonchev–Trinajstić information content (AvgIpc) is 2.29. The Bertz CT molecular complexity index is 369. The van der Waals surface area contributed by atoms with Crippen LogP contribution < -0.4 is 5.32 Å². The zero-order valence-electron chi connectivity index (χ0n) is 10.4. The summed E-state index contributed by atoms with van der Waals surface area (Å²) in [6.07, 6.45) is 3.79. The van der Waals surface area contributed by atoms with Gasteiger partial charge < -0.3 is 5.32 Å². The SMILES string of the molecule is CC(NCCC(C)S(C)=O)c1ccc(F)cn1. The Morgan fingerprint density at radius 2 is 2.18 bits per heavy atom. The van der Waals surface area contributed by atoms with Crippen molar-refractivity contribution in [2.45, 2.75) is 31.6 Å². The maximum absolute atomic E-state index is 12.7. The first-order chi connectivity index (χ1) is 8.00. The fourth-order valence-corrected chi connectivity index (χ4v) is 1.87. The molecule has 96 valence electrons. The lowest BCUT2D eigenvalue weighted by Crippen LogP contribution is -2.24. The number of hydrogen-bond acceptors (Lipinski definition) is 3. The molecule has 0 fully saturated rings. The molecule has 0 aromatic carbocycles. The molecule has 1 N–H and O–H groups in total. The van der Waals surface area contributed by atoms with Gasteiger partial charge in [0.2, 0.25) is 0 Å². The van der Waals surface area contributed by atoms with Crippen LogP contribution in [0.4, 0.5) is 4.39 Å². The normalized spacial score (nSPS) is 16.5. The van der Waals surface area contributed by atoms with E-state index in [1.54, 1.807) is 12.3 Å². The van der Waals surface area contributed by atoms with Crippen LogP contribution in [0.2, 0.25) is 0 Å². The van der Waals surface area contributed by atoms with Crippen molar-refractivity contribution in [2.24, 2.45) is 0 Å². The third kappa shape index (κ3) is 4.91. The molecule has 1 rings (SSSR count). The van der Waals surface area contributed by atoms with Crippen molar-refractivity contribution in [3.05, 3.63) is 29.8 Å². The lowest BCUT2D eigenvalue weighted by Gasteiger charge is -2.14. The second-order valence-corrected chi connectivity index (χ2v) is 5.98. The molecule has 0 bridgehead atoms. The Balaban J connectivity index is 2.37. The number of pyridine rings is 1. The highest BCUT2D eigenvalue weighted by Crippen LogP contribution is 2.09. The van der Waals surface area contributed by atoms with Crippen LogP contribution in [-0.2, 0) is 10.8 Å². The van der Waals surface area contributed by atoms with E-state index in [-0.39, 0.29) is 17.1 Å². The highest BCUT2D eigenvalue weighted by Gasteiger charge is 2.09. The molecule has 1 aromatic rings. The van der Waals surface area contributed by atoms with Crippen LogP contribution in [0.5, 0.6) is 0 Å². The predicted octanol–water partition coefficient (Wildman–Crippen LogP) is 2.03. The highest BCUT2D eigenvalue weighted by molar-refractivity contribution is 7.84. The summed E-state index contributed by atoms with van der Waals surface area (Å²) in [4.78, 5) is 4.01. The van der Waals surface area contributed by atoms with E-state index < -0.39 is 10.8 Å². The number of nitrogens with one attached hydrogen (secondary N) is 1. The van der Waals surface area contributed by atoms with Gasteiger partial charge in [0.1, 0.15) is 5.82 Å². The minimum Gasteiger partial charge on any atom is -0.309 e. The van der Waals surface area contributed by atoms with E-state index in [1.165, 1.54) is 12.3 Å². The van der Waals surface area contributed by atoms with Gasteiger partial charge in [-0.1, -0.05) is 6.92 Å². The van der Waals surface area contributed by atoms with E-state index in [4.69, 9.17) is 0 Å². The Morgan fingerprint density at radius 3 is 2.71 bits per heavy atom. The van der Waals surface area contributed by atoms with Crippen LogP contribution >= 0.6 is 0 Å². The first-order valence-corrected chi connectivity index (χ1v) is 7.30. The molecule has 3 unspecified atom stereocenters. The van der Waals surface area contributed by atoms with Gasteiger partial charge in [-0.2, -0.15) is 0 Å². The molecule has 0 aliphatic rings. The number of nitrogens with zero attached hydrogens (tertiary/aromatic N) is 1. The van der Waals surface area contributed by atoms with Gasteiger partial charge in [-0.15, -0.1) is 0 Å². The van der Waals surface area contributed by atoms with Crippen molar-refractivity contribution >= 4 is 10.8 Å². The Hall–Kier alpha value is -0.810. The average molecular weight is 258 g/mol. The van der Waals surface area contributed by atoms with Crippen LogP contribution in [0.1, 0.15) is 32.0 Å². The van der Waals surface area contributed by atoms with E-state index in [2.05, 4.69) is 10.3 Å². The van der Waals surface area contributed by atoms with Crippen molar-refractivity contribution < 1.29 is 8.60 Å². The fourth-order valence-electron chi connectivity index (χ4n) is 1.42. The standard InChI is InChI=1S/C12H19FN2OS/c1-9(17(3)16)6-7-14-10(2)12-5-4-11(13)8-15-12/h4-5,8-10,14H,6-7H2,1-3H3. The summed E-state index contributed by atoms with van der Waals surface area (Å²) >= 11 is 0. The van der Waals surface area contributed by atoms with E-state index in [0.717, 1.165) is 18.7 Å². The Kier molecular flexibility index (Phi) is 5.71. The van der Waals surface area contributed by atoms with Gasteiger partial charge in [-0.3, -0.25) is 9.19 Å². The summed E-state index contributed by atoms with van der Waals surface area (Å²) in [6, 6.07) is 3.16. The van der Waals surface area contributed by atoms with Crippen molar-refractivity contribution in [3.8, 4) is 0 Å². The third-order valence-electron chi connectivity index (χ3n) is 2.76. The second-order valence-electron chi connectivity index (χ2n) is 4.17. The summed E-state index contributed by atoms with van der Waals surface area (Å²) in [6.45, 7) is 4.73. The molecule has 3 atom stereocenters. The van der Waals surface area contributed by atoms with Gasteiger partial charge in [0.05, 0.1) is 11.9 Å². The van der Waals surface area contributed by atoms with Crippen LogP contribution in [0, 0.1) is 5.82 Å². The molecule has 5 heteroatoms. The first-order valence-electron chi connectivity index (χ1n) is 5.67. The van der Waals surface area contributed by atoms with Crippen molar-refractivity contribution in [2.75, 3.05) is 12.8 Å². The molecule has 0 saturated heterocycles. The van der Waals surface area contributed by atoms with Crippen LogP contribution in [0.3, 0.4) is 0 Å². The lowest BCUT2D eigenvalue weighted by molar-refractivity contribution is 0.539. The maximum Gasteiger partial charge on any atom is 0.141 e. The summed E-state index contributed by atoms with van der Waals surface area (Å²) < 4.78 is 23.8. The van der Waals surface area contributed by atoms with Gasteiger partial charge in [0.25, 0.3) is 0 Å². The fraction of sp³-hybridized carbons (Fsp3) is 0.583. The highest BCUT2D eigenvalue weighted by atomic mass is 32.2. The zero-order valence-corrected chi connectivity index (χ0v) is 11.3. The van der Waals surface area contributed by atoms with Crippen LogP contribution in [0.15, 0.2) is 18.3 Å². The van der Waals surface area contributed by atoms with Crippen molar-refractivity contribution in [3.63, 3.8) is 0 Å². The minimum absolute atomic E-state index is 0.0769. The van der Waals surface area contributed by atoms with E-state index in [9.17, 15) is 8.60 Å². The first kappa shape index (κ1) is 14.3. The summed E-state index contributed by atoms with van der Waals surface area (Å²) in [5.74, 6) is -0.323. The molecule has 1 aromatic heterocycles. The maximum atomic E-state index is 12.7. The second kappa shape index (κ2) is 6.81. The van der Waals surface area contributed by atoms with Gasteiger partial charge in [0.15, 0.2) is 0 Å². The molecular formula is C12H19FN2OS. The summed E-state index contributed by atoms with van der Waals surface area (Å²) in [5, 5.41) is 3.48. The molecule has 0 aliphatic carbocycles. The van der Waals surface area contributed by atoms with Gasteiger partial charge in [0, 0.05) is 28.3 Å². The van der Waals surface area contributed by atoms with E-state index >= 15 is 0 Å². The quantitative estimate of drug-likeness (QED) is 0.849. The Labute approximate surface area is 104 Å². The Morgan fingerprint density at radius 1 is 1.47 bits per heavy atom. The zero-order chi connectivity index (χ0) is 12.8. The minimum atomic E-state index is -0.778. The number of halogens is 1. The molecule has 0 spiro atoms. The van der Waals surface area contributed by atoms with Crippen molar-refractivity contribution in [1.82, 2.24) is 10.3 Å². The van der Waals surface area contributed by atoms with E-state index in [0.29, 0.717) is 0 Å². The molecular weight excluding hydrogens is 239 g/mol. The topological polar surface area (TPSA) is 42.0 Å². The molecule has 0 radical (unpaired) electrons. The molecule has 3 nitrogen and oxygen atoms in total. The van der Waals surface area contributed by atoms with Crippen LogP contribution in [-0.4, -0.2) is 27.2 Å². The predicted molar refractivity (Wildman–Crippen MR) is 68.8 cm³/mol.